The number of amides is 1. The molecule has 0 bridgehead atoms. The Hall–Kier alpha value is -2.22. The van der Waals surface area contributed by atoms with Gasteiger partial charge in [0.1, 0.15) is 0 Å². The van der Waals surface area contributed by atoms with E-state index in [1.165, 1.54) is 9.79 Å². The average molecular weight is 376 g/mol. The standard InChI is InChI=1S/C19H24N2O4S/c1-15-3-7-17(8-4-15)11-13-21(14-12-19(22)20-23)26(24,25)18-9-5-16(2)6-10-18/h3-10,23H,11-14H2,1-2H3,(H,20,22). The molecule has 0 saturated carbocycles. The quantitative estimate of drug-likeness (QED) is 0.547. The van der Waals surface area contributed by atoms with E-state index in [9.17, 15) is 13.2 Å². The summed E-state index contributed by atoms with van der Waals surface area (Å²) in [6.07, 6.45) is 0.418. The molecule has 0 heterocycles. The molecule has 0 aromatic heterocycles. The Morgan fingerprint density at radius 3 is 2.04 bits per heavy atom. The Bertz CT molecular complexity index is 831. The van der Waals surface area contributed by atoms with Crippen molar-refractivity contribution < 1.29 is 18.4 Å². The predicted molar refractivity (Wildman–Crippen MR) is 99.4 cm³/mol. The van der Waals surface area contributed by atoms with E-state index in [4.69, 9.17) is 5.21 Å². The third-order valence-corrected chi connectivity index (χ3v) is 6.06. The molecule has 2 N–H and O–H groups in total. The van der Waals surface area contributed by atoms with E-state index < -0.39 is 15.9 Å². The highest BCUT2D eigenvalue weighted by Crippen LogP contribution is 2.18. The van der Waals surface area contributed by atoms with Crippen molar-refractivity contribution in [2.75, 3.05) is 13.1 Å². The van der Waals surface area contributed by atoms with Crippen LogP contribution in [-0.4, -0.2) is 36.9 Å². The van der Waals surface area contributed by atoms with E-state index >= 15 is 0 Å². The highest BCUT2D eigenvalue weighted by Gasteiger charge is 2.24. The number of nitrogens with zero attached hydrogens (tertiary/aromatic N) is 1. The zero-order chi connectivity index (χ0) is 19.2. The van der Waals surface area contributed by atoms with E-state index in [-0.39, 0.29) is 24.4 Å². The maximum atomic E-state index is 13.0. The van der Waals surface area contributed by atoms with Crippen LogP contribution in [0.15, 0.2) is 53.4 Å². The van der Waals surface area contributed by atoms with E-state index in [1.807, 2.05) is 38.1 Å². The van der Waals surface area contributed by atoms with E-state index in [2.05, 4.69) is 0 Å². The van der Waals surface area contributed by atoms with Crippen LogP contribution in [-0.2, 0) is 21.2 Å². The SMILES string of the molecule is Cc1ccc(CCN(CCC(=O)NO)S(=O)(=O)c2ccc(C)cc2)cc1. The molecule has 2 rings (SSSR count). The first-order chi connectivity index (χ1) is 12.3. The lowest BCUT2D eigenvalue weighted by Crippen LogP contribution is -2.36. The summed E-state index contributed by atoms with van der Waals surface area (Å²) in [5, 5.41) is 8.66. The minimum absolute atomic E-state index is 0.00549. The number of benzene rings is 2. The highest BCUT2D eigenvalue weighted by molar-refractivity contribution is 7.89. The Morgan fingerprint density at radius 1 is 0.962 bits per heavy atom. The van der Waals surface area contributed by atoms with Gasteiger partial charge < -0.3 is 0 Å². The highest BCUT2D eigenvalue weighted by atomic mass is 32.2. The molecule has 0 aliphatic carbocycles. The molecule has 2 aromatic carbocycles. The second kappa shape index (κ2) is 8.93. The second-order valence-corrected chi connectivity index (χ2v) is 8.18. The molecule has 140 valence electrons. The summed E-state index contributed by atoms with van der Waals surface area (Å²) in [4.78, 5) is 11.5. The topological polar surface area (TPSA) is 86.7 Å². The van der Waals surface area contributed by atoms with Gasteiger partial charge in [-0.05, 0) is 38.0 Å². The summed E-state index contributed by atoms with van der Waals surface area (Å²) < 4.78 is 27.2. The molecule has 0 atom stereocenters. The Morgan fingerprint density at radius 2 is 1.50 bits per heavy atom. The summed E-state index contributed by atoms with van der Waals surface area (Å²) in [6.45, 7) is 4.12. The number of aryl methyl sites for hydroxylation is 2. The summed E-state index contributed by atoms with van der Waals surface area (Å²) >= 11 is 0. The number of hydrogen-bond acceptors (Lipinski definition) is 4. The monoisotopic (exact) mass is 376 g/mol. The smallest absolute Gasteiger partial charge is 0.244 e. The van der Waals surface area contributed by atoms with Crippen LogP contribution in [0.5, 0.6) is 0 Å². The fraction of sp³-hybridized carbons (Fsp3) is 0.316. The molecule has 0 spiro atoms. The molecule has 0 saturated heterocycles. The van der Waals surface area contributed by atoms with Crippen molar-refractivity contribution in [1.29, 1.82) is 0 Å². The number of nitrogens with one attached hydrogen (secondary N) is 1. The molecule has 0 unspecified atom stereocenters. The van der Waals surface area contributed by atoms with E-state index in [1.54, 1.807) is 24.3 Å². The molecule has 6 nitrogen and oxygen atoms in total. The Labute approximate surface area is 154 Å². The van der Waals surface area contributed by atoms with Gasteiger partial charge in [-0.3, -0.25) is 10.0 Å². The Balaban J connectivity index is 2.19. The van der Waals surface area contributed by atoms with Gasteiger partial charge in [-0.2, -0.15) is 4.31 Å². The lowest BCUT2D eigenvalue weighted by Gasteiger charge is -2.22. The van der Waals surface area contributed by atoms with Crippen LogP contribution in [0.25, 0.3) is 0 Å². The number of sulfonamides is 1. The van der Waals surface area contributed by atoms with Gasteiger partial charge >= 0.3 is 0 Å². The van der Waals surface area contributed by atoms with Crippen molar-refractivity contribution in [3.05, 3.63) is 65.2 Å². The maximum absolute atomic E-state index is 13.0. The number of hydrogen-bond donors (Lipinski definition) is 2. The molecule has 1 amide bonds. The van der Waals surface area contributed by atoms with Gasteiger partial charge in [-0.25, -0.2) is 13.9 Å². The average Bonchev–Trinajstić information content (AvgIpc) is 2.63. The van der Waals surface area contributed by atoms with Crippen LogP contribution in [0.3, 0.4) is 0 Å². The molecule has 0 aliphatic heterocycles. The van der Waals surface area contributed by atoms with Gasteiger partial charge in [0, 0.05) is 19.5 Å². The normalized spacial score (nSPS) is 11.5. The summed E-state index contributed by atoms with van der Waals surface area (Å²) in [7, 11) is -3.73. The predicted octanol–water partition coefficient (Wildman–Crippen LogP) is 2.43. The lowest BCUT2D eigenvalue weighted by atomic mass is 10.1. The first-order valence-corrected chi connectivity index (χ1v) is 9.82. The fourth-order valence-corrected chi connectivity index (χ4v) is 3.94. The third kappa shape index (κ3) is 5.39. The van der Waals surface area contributed by atoms with Crippen molar-refractivity contribution in [2.24, 2.45) is 0 Å². The second-order valence-electron chi connectivity index (χ2n) is 6.24. The van der Waals surface area contributed by atoms with Gasteiger partial charge in [0.15, 0.2) is 0 Å². The third-order valence-electron chi connectivity index (χ3n) is 4.14. The van der Waals surface area contributed by atoms with Gasteiger partial charge in [-0.1, -0.05) is 47.5 Å². The lowest BCUT2D eigenvalue weighted by molar-refractivity contribution is -0.129. The van der Waals surface area contributed by atoms with Gasteiger partial charge in [0.2, 0.25) is 15.9 Å². The molecular formula is C19H24N2O4S. The van der Waals surface area contributed by atoms with Gasteiger partial charge in [-0.15, -0.1) is 0 Å². The first kappa shape index (κ1) is 20.1. The minimum atomic E-state index is -3.73. The van der Waals surface area contributed by atoms with Gasteiger partial charge in [0.05, 0.1) is 4.90 Å². The summed E-state index contributed by atoms with van der Waals surface area (Å²) in [5.41, 5.74) is 4.66. The molecule has 0 radical (unpaired) electrons. The number of hydroxylamine groups is 1. The number of carbonyl (C=O) groups excluding carboxylic acids is 1. The molecule has 7 heteroatoms. The van der Waals surface area contributed by atoms with Crippen LogP contribution < -0.4 is 5.48 Å². The number of carbonyl (C=O) groups is 1. The molecular weight excluding hydrogens is 352 g/mol. The largest absolute Gasteiger partial charge is 0.289 e. The van der Waals surface area contributed by atoms with Crippen molar-refractivity contribution in [1.82, 2.24) is 9.79 Å². The van der Waals surface area contributed by atoms with Crippen LogP contribution in [0.2, 0.25) is 0 Å². The number of rotatable bonds is 8. The zero-order valence-corrected chi connectivity index (χ0v) is 15.8. The summed E-state index contributed by atoms with van der Waals surface area (Å²) in [5.74, 6) is -0.621. The summed E-state index contributed by atoms with van der Waals surface area (Å²) in [6, 6.07) is 14.5. The Kier molecular flexibility index (Phi) is 6.90. The first-order valence-electron chi connectivity index (χ1n) is 8.38. The minimum Gasteiger partial charge on any atom is -0.289 e. The maximum Gasteiger partial charge on any atom is 0.244 e. The molecule has 0 fully saturated rings. The fourth-order valence-electron chi connectivity index (χ4n) is 2.50. The van der Waals surface area contributed by atoms with E-state index in [0.717, 1.165) is 16.7 Å². The van der Waals surface area contributed by atoms with Crippen molar-refractivity contribution in [3.63, 3.8) is 0 Å². The molecule has 2 aromatic rings. The van der Waals surface area contributed by atoms with Crippen molar-refractivity contribution in [2.45, 2.75) is 31.6 Å². The van der Waals surface area contributed by atoms with Crippen LogP contribution in [0.1, 0.15) is 23.1 Å². The molecule has 26 heavy (non-hydrogen) atoms. The van der Waals surface area contributed by atoms with Crippen LogP contribution >= 0.6 is 0 Å². The van der Waals surface area contributed by atoms with Crippen LogP contribution in [0.4, 0.5) is 0 Å². The van der Waals surface area contributed by atoms with Crippen LogP contribution in [0, 0.1) is 13.8 Å². The van der Waals surface area contributed by atoms with E-state index in [0.29, 0.717) is 6.42 Å². The van der Waals surface area contributed by atoms with Crippen molar-refractivity contribution in [3.8, 4) is 0 Å². The zero-order valence-electron chi connectivity index (χ0n) is 15.0. The van der Waals surface area contributed by atoms with Gasteiger partial charge in [0.25, 0.3) is 0 Å². The van der Waals surface area contributed by atoms with Crippen molar-refractivity contribution >= 4 is 15.9 Å². The molecule has 0 aliphatic rings.